The Balaban J connectivity index is 1.84. The summed E-state index contributed by atoms with van der Waals surface area (Å²) in [6, 6.07) is 3.12. The van der Waals surface area contributed by atoms with Gasteiger partial charge in [-0.15, -0.1) is 0 Å². The topological polar surface area (TPSA) is 83.0 Å². The van der Waals surface area contributed by atoms with Gasteiger partial charge in [0.1, 0.15) is 5.69 Å². The average molecular weight is 315 g/mol. The lowest BCUT2D eigenvalue weighted by atomic mass is 10.0. The van der Waals surface area contributed by atoms with Gasteiger partial charge in [0, 0.05) is 31.0 Å². The molecular formula is C16H21N5O2. The number of pyridine rings is 1. The number of rotatable bonds is 2. The molecule has 122 valence electrons. The summed E-state index contributed by atoms with van der Waals surface area (Å²) in [5.41, 5.74) is 3.07. The molecule has 0 bridgehead atoms. The maximum absolute atomic E-state index is 12.6. The van der Waals surface area contributed by atoms with E-state index in [0.29, 0.717) is 12.2 Å². The largest absolute Gasteiger partial charge is 0.322 e. The van der Waals surface area contributed by atoms with E-state index >= 15 is 0 Å². The molecule has 1 saturated heterocycles. The van der Waals surface area contributed by atoms with Gasteiger partial charge in [-0.1, -0.05) is 0 Å². The van der Waals surface area contributed by atoms with Crippen molar-refractivity contribution in [3.63, 3.8) is 0 Å². The van der Waals surface area contributed by atoms with Gasteiger partial charge in [0.15, 0.2) is 0 Å². The van der Waals surface area contributed by atoms with Gasteiger partial charge >= 0.3 is 6.03 Å². The molecule has 0 aromatic carbocycles. The van der Waals surface area contributed by atoms with Gasteiger partial charge in [-0.25, -0.2) is 4.79 Å². The number of H-pyrrole nitrogens is 1. The Labute approximate surface area is 134 Å². The van der Waals surface area contributed by atoms with Gasteiger partial charge < -0.3 is 14.8 Å². The quantitative estimate of drug-likeness (QED) is 0.890. The van der Waals surface area contributed by atoms with Crippen molar-refractivity contribution in [2.45, 2.75) is 32.7 Å². The lowest BCUT2D eigenvalue weighted by molar-refractivity contribution is 0.207. The Morgan fingerprint density at radius 3 is 2.91 bits per heavy atom. The maximum Gasteiger partial charge on any atom is 0.322 e. The number of aryl methyl sites for hydroxylation is 3. The number of hydrogen-bond acceptors (Lipinski definition) is 3. The predicted octanol–water partition coefficient (Wildman–Crippen LogP) is 2.09. The van der Waals surface area contributed by atoms with Crippen LogP contribution in [0.25, 0.3) is 0 Å². The molecule has 1 atom stereocenters. The molecule has 2 amide bonds. The Kier molecular flexibility index (Phi) is 3.94. The Hall–Kier alpha value is -2.57. The van der Waals surface area contributed by atoms with Crippen LogP contribution in [-0.4, -0.2) is 32.2 Å². The molecule has 7 heteroatoms. The van der Waals surface area contributed by atoms with Crippen LogP contribution in [-0.2, 0) is 7.05 Å². The van der Waals surface area contributed by atoms with E-state index in [1.54, 1.807) is 30.3 Å². The summed E-state index contributed by atoms with van der Waals surface area (Å²) >= 11 is 0. The number of hydrogen-bond donors (Lipinski definition) is 2. The van der Waals surface area contributed by atoms with Crippen LogP contribution in [0.4, 0.5) is 10.5 Å². The Bertz CT molecular complexity index is 773. The van der Waals surface area contributed by atoms with Crippen LogP contribution >= 0.6 is 0 Å². The molecule has 2 aromatic rings. The van der Waals surface area contributed by atoms with Crippen molar-refractivity contribution < 1.29 is 4.79 Å². The maximum atomic E-state index is 12.6. The van der Waals surface area contributed by atoms with E-state index in [1.807, 2.05) is 13.8 Å². The van der Waals surface area contributed by atoms with Gasteiger partial charge in [-0.3, -0.25) is 9.89 Å². The summed E-state index contributed by atoms with van der Waals surface area (Å²) < 4.78 is 1.45. The highest BCUT2D eigenvalue weighted by atomic mass is 16.2. The van der Waals surface area contributed by atoms with E-state index in [-0.39, 0.29) is 17.6 Å². The first-order chi connectivity index (χ1) is 11.0. The fraction of sp³-hybridized carbons (Fsp3) is 0.438. The van der Waals surface area contributed by atoms with Crippen molar-refractivity contribution in [3.05, 3.63) is 45.6 Å². The number of aromatic nitrogens is 3. The van der Waals surface area contributed by atoms with Crippen LogP contribution in [0.1, 0.15) is 35.8 Å². The first-order valence-electron chi connectivity index (χ1n) is 7.73. The van der Waals surface area contributed by atoms with Crippen LogP contribution in [0.3, 0.4) is 0 Å². The summed E-state index contributed by atoms with van der Waals surface area (Å²) in [7, 11) is 1.66. The zero-order valence-corrected chi connectivity index (χ0v) is 13.6. The molecule has 3 heterocycles. The van der Waals surface area contributed by atoms with Gasteiger partial charge in [0.05, 0.1) is 11.7 Å². The van der Waals surface area contributed by atoms with Crippen LogP contribution in [0.2, 0.25) is 0 Å². The zero-order chi connectivity index (χ0) is 16.6. The third-order valence-electron chi connectivity index (χ3n) is 4.40. The molecule has 0 unspecified atom stereocenters. The molecule has 23 heavy (non-hydrogen) atoms. The van der Waals surface area contributed by atoms with E-state index < -0.39 is 0 Å². The highest BCUT2D eigenvalue weighted by molar-refractivity contribution is 5.89. The first-order valence-corrected chi connectivity index (χ1v) is 7.73. The molecule has 1 fully saturated rings. The van der Waals surface area contributed by atoms with Crippen molar-refractivity contribution in [3.8, 4) is 0 Å². The second-order valence-corrected chi connectivity index (χ2v) is 5.97. The normalized spacial score (nSPS) is 17.5. The van der Waals surface area contributed by atoms with E-state index in [4.69, 9.17) is 0 Å². The van der Waals surface area contributed by atoms with Crippen LogP contribution in [0.5, 0.6) is 0 Å². The minimum atomic E-state index is -0.240. The molecule has 2 N–H and O–H groups in total. The van der Waals surface area contributed by atoms with Crippen molar-refractivity contribution in [2.75, 3.05) is 11.9 Å². The molecule has 3 rings (SSSR count). The number of carbonyl (C=O) groups excluding carboxylic acids is 1. The Morgan fingerprint density at radius 2 is 2.22 bits per heavy atom. The summed E-state index contributed by atoms with van der Waals surface area (Å²) in [5, 5.41) is 9.95. The molecule has 7 nitrogen and oxygen atoms in total. The van der Waals surface area contributed by atoms with Crippen LogP contribution < -0.4 is 10.9 Å². The molecule has 0 aliphatic carbocycles. The molecule has 0 radical (unpaired) electrons. The number of likely N-dealkylation sites (tertiary alicyclic amines) is 1. The first kappa shape index (κ1) is 15.3. The van der Waals surface area contributed by atoms with Crippen molar-refractivity contribution in [2.24, 2.45) is 7.05 Å². The van der Waals surface area contributed by atoms with Gasteiger partial charge in [-0.05, 0) is 38.8 Å². The molecule has 0 saturated carbocycles. The fourth-order valence-electron chi connectivity index (χ4n) is 3.24. The molecule has 2 aromatic heterocycles. The number of nitrogens with zero attached hydrogens (tertiary/aromatic N) is 3. The number of aromatic amines is 1. The lowest BCUT2D eigenvalue weighted by Gasteiger charge is -2.25. The molecule has 1 aliphatic heterocycles. The molecule has 1 aliphatic rings. The zero-order valence-electron chi connectivity index (χ0n) is 13.6. The highest BCUT2D eigenvalue weighted by Crippen LogP contribution is 2.35. The second kappa shape index (κ2) is 5.91. The van der Waals surface area contributed by atoms with Crippen LogP contribution in [0, 0.1) is 13.8 Å². The SMILES string of the molecule is Cc1n[nH]c(C)c1[C@H]1CCCN1C(=O)Nc1cccn(C)c1=O. The predicted molar refractivity (Wildman–Crippen MR) is 87.4 cm³/mol. The molecule has 0 spiro atoms. The van der Waals surface area contributed by atoms with Crippen molar-refractivity contribution in [1.29, 1.82) is 0 Å². The monoisotopic (exact) mass is 315 g/mol. The fourth-order valence-corrected chi connectivity index (χ4v) is 3.24. The lowest BCUT2D eigenvalue weighted by Crippen LogP contribution is -2.36. The van der Waals surface area contributed by atoms with Gasteiger partial charge in [0.2, 0.25) is 0 Å². The number of anilines is 1. The second-order valence-electron chi connectivity index (χ2n) is 5.97. The van der Waals surface area contributed by atoms with Gasteiger partial charge in [0.25, 0.3) is 5.56 Å². The van der Waals surface area contributed by atoms with Crippen LogP contribution in [0.15, 0.2) is 23.1 Å². The highest BCUT2D eigenvalue weighted by Gasteiger charge is 2.33. The third-order valence-corrected chi connectivity index (χ3v) is 4.40. The van der Waals surface area contributed by atoms with Gasteiger partial charge in [-0.2, -0.15) is 5.10 Å². The molecular weight excluding hydrogens is 294 g/mol. The standard InChI is InChI=1S/C16H21N5O2/c1-10-14(11(2)19-18-10)13-7-5-9-21(13)16(23)17-12-6-4-8-20(3)15(12)22/h4,6,8,13H,5,7,9H2,1-3H3,(H,17,23)(H,18,19)/t13-/m1/s1. The smallest absolute Gasteiger partial charge is 0.317 e. The minimum absolute atomic E-state index is 0.00122. The van der Waals surface area contributed by atoms with E-state index in [2.05, 4.69) is 15.5 Å². The van der Waals surface area contributed by atoms with E-state index in [1.165, 1.54) is 4.57 Å². The number of nitrogens with one attached hydrogen (secondary N) is 2. The minimum Gasteiger partial charge on any atom is -0.317 e. The number of amides is 2. The summed E-state index contributed by atoms with van der Waals surface area (Å²) in [6.45, 7) is 4.59. The van der Waals surface area contributed by atoms with Crippen molar-refractivity contribution >= 4 is 11.7 Å². The van der Waals surface area contributed by atoms with Crippen molar-refractivity contribution in [1.82, 2.24) is 19.7 Å². The Morgan fingerprint density at radius 1 is 1.43 bits per heavy atom. The summed E-state index contributed by atoms with van der Waals surface area (Å²) in [5.74, 6) is 0. The van der Waals surface area contributed by atoms with E-state index in [9.17, 15) is 9.59 Å². The number of carbonyl (C=O) groups is 1. The third kappa shape index (κ3) is 2.74. The summed E-state index contributed by atoms with van der Waals surface area (Å²) in [4.78, 5) is 26.5. The van der Waals surface area contributed by atoms with E-state index in [0.717, 1.165) is 29.8 Å². The summed E-state index contributed by atoms with van der Waals surface area (Å²) in [6.07, 6.45) is 3.51. The number of urea groups is 1. The average Bonchev–Trinajstić information content (AvgIpc) is 3.10.